The molecule has 4 nitrogen and oxygen atoms in total. The first-order chi connectivity index (χ1) is 9.63. The van der Waals surface area contributed by atoms with Gasteiger partial charge < -0.3 is 4.90 Å². The summed E-state index contributed by atoms with van der Waals surface area (Å²) in [5.41, 5.74) is 2.70. The van der Waals surface area contributed by atoms with E-state index in [1.54, 1.807) is 0 Å². The van der Waals surface area contributed by atoms with Crippen LogP contribution in [0.15, 0.2) is 29.6 Å². The monoisotopic (exact) mass is 289 g/mol. The van der Waals surface area contributed by atoms with E-state index in [-0.39, 0.29) is 5.91 Å². The number of carbonyl (C=O) groups is 1. The number of anilines is 2. The molecule has 2 rings (SSSR count). The van der Waals surface area contributed by atoms with E-state index < -0.39 is 0 Å². The highest BCUT2D eigenvalue weighted by molar-refractivity contribution is 7.13. The van der Waals surface area contributed by atoms with Crippen molar-refractivity contribution in [1.82, 2.24) is 4.98 Å². The second-order valence-corrected chi connectivity index (χ2v) is 5.33. The Hall–Kier alpha value is -1.88. The van der Waals surface area contributed by atoms with Gasteiger partial charge in [0.2, 0.25) is 0 Å². The van der Waals surface area contributed by atoms with Crippen LogP contribution in [-0.4, -0.2) is 24.0 Å². The molecule has 0 aliphatic carbocycles. The van der Waals surface area contributed by atoms with E-state index >= 15 is 0 Å². The topological polar surface area (TPSA) is 45.2 Å². The summed E-state index contributed by atoms with van der Waals surface area (Å²) in [5, 5.41) is 5.37. The predicted octanol–water partition coefficient (Wildman–Crippen LogP) is 3.55. The first-order valence-corrected chi connectivity index (χ1v) is 7.60. The fourth-order valence-electron chi connectivity index (χ4n) is 1.99. The number of aromatic nitrogens is 1. The normalized spacial score (nSPS) is 10.3. The molecule has 1 heterocycles. The van der Waals surface area contributed by atoms with Gasteiger partial charge in [-0.3, -0.25) is 10.1 Å². The minimum atomic E-state index is -0.120. The lowest BCUT2D eigenvalue weighted by molar-refractivity contribution is 0.102. The summed E-state index contributed by atoms with van der Waals surface area (Å²) in [6.45, 7) is 8.07. The van der Waals surface area contributed by atoms with E-state index in [0.717, 1.165) is 24.5 Å². The number of nitrogens with zero attached hydrogens (tertiary/aromatic N) is 2. The maximum Gasteiger partial charge on any atom is 0.257 e. The first kappa shape index (κ1) is 14.5. The lowest BCUT2D eigenvalue weighted by atomic mass is 10.2. The van der Waals surface area contributed by atoms with Gasteiger partial charge in [-0.1, -0.05) is 0 Å². The van der Waals surface area contributed by atoms with Crippen molar-refractivity contribution in [3.63, 3.8) is 0 Å². The number of rotatable bonds is 5. The van der Waals surface area contributed by atoms with E-state index in [4.69, 9.17) is 0 Å². The Kier molecular flexibility index (Phi) is 4.74. The van der Waals surface area contributed by atoms with Crippen LogP contribution in [-0.2, 0) is 0 Å². The Morgan fingerprint density at radius 1 is 1.25 bits per heavy atom. The average molecular weight is 289 g/mol. The van der Waals surface area contributed by atoms with Crippen LogP contribution in [0.4, 0.5) is 10.8 Å². The second-order valence-electron chi connectivity index (χ2n) is 4.47. The van der Waals surface area contributed by atoms with Gasteiger partial charge >= 0.3 is 0 Å². The van der Waals surface area contributed by atoms with Crippen LogP contribution in [0.2, 0.25) is 0 Å². The van der Waals surface area contributed by atoms with Gasteiger partial charge in [0.25, 0.3) is 5.91 Å². The molecule has 0 unspecified atom stereocenters. The van der Waals surface area contributed by atoms with Crippen LogP contribution in [0, 0.1) is 6.92 Å². The van der Waals surface area contributed by atoms with E-state index in [0.29, 0.717) is 10.7 Å². The number of carbonyl (C=O) groups excluding carboxylic acids is 1. The Morgan fingerprint density at radius 3 is 2.40 bits per heavy atom. The van der Waals surface area contributed by atoms with Crippen LogP contribution in [0.3, 0.4) is 0 Å². The SMILES string of the molecule is CCN(CC)c1ccc(C(=O)Nc2nc(C)cs2)cc1. The molecule has 1 N–H and O–H groups in total. The Balaban J connectivity index is 2.07. The minimum Gasteiger partial charge on any atom is -0.372 e. The number of aryl methyl sites for hydroxylation is 1. The van der Waals surface area contributed by atoms with Crippen LogP contribution in [0.5, 0.6) is 0 Å². The molecule has 0 fully saturated rings. The lowest BCUT2D eigenvalue weighted by Crippen LogP contribution is -2.21. The smallest absolute Gasteiger partial charge is 0.257 e. The molecule has 20 heavy (non-hydrogen) atoms. The molecule has 1 amide bonds. The van der Waals surface area contributed by atoms with Gasteiger partial charge in [-0.05, 0) is 45.0 Å². The zero-order chi connectivity index (χ0) is 14.5. The molecule has 106 valence electrons. The van der Waals surface area contributed by atoms with Crippen molar-refractivity contribution in [2.45, 2.75) is 20.8 Å². The summed E-state index contributed by atoms with van der Waals surface area (Å²) >= 11 is 1.44. The van der Waals surface area contributed by atoms with Gasteiger partial charge in [-0.2, -0.15) is 0 Å². The molecule has 2 aromatic rings. The minimum absolute atomic E-state index is 0.120. The highest BCUT2D eigenvalue weighted by Crippen LogP contribution is 2.18. The van der Waals surface area contributed by atoms with E-state index in [1.165, 1.54) is 11.3 Å². The number of benzene rings is 1. The maximum absolute atomic E-state index is 12.1. The van der Waals surface area contributed by atoms with Gasteiger partial charge in [0, 0.05) is 29.7 Å². The van der Waals surface area contributed by atoms with Crippen molar-refractivity contribution >= 4 is 28.1 Å². The third-order valence-electron chi connectivity index (χ3n) is 3.10. The quantitative estimate of drug-likeness (QED) is 0.915. The van der Waals surface area contributed by atoms with Crippen molar-refractivity contribution in [3.8, 4) is 0 Å². The molecule has 0 spiro atoms. The van der Waals surface area contributed by atoms with Crippen LogP contribution in [0.25, 0.3) is 0 Å². The third kappa shape index (κ3) is 3.36. The second kappa shape index (κ2) is 6.52. The molecule has 0 aliphatic heterocycles. The summed E-state index contributed by atoms with van der Waals surface area (Å²) in [4.78, 5) is 18.6. The highest BCUT2D eigenvalue weighted by atomic mass is 32.1. The molecule has 0 saturated heterocycles. The molecule has 5 heteroatoms. The van der Waals surface area contributed by atoms with Gasteiger partial charge in [0.05, 0.1) is 5.69 Å². The first-order valence-electron chi connectivity index (χ1n) is 6.72. The van der Waals surface area contributed by atoms with E-state index in [2.05, 4.69) is 29.0 Å². The molecule has 1 aromatic carbocycles. The molecule has 0 radical (unpaired) electrons. The van der Waals surface area contributed by atoms with E-state index in [1.807, 2.05) is 36.6 Å². The molecule has 0 atom stereocenters. The number of nitrogens with one attached hydrogen (secondary N) is 1. The predicted molar refractivity (Wildman–Crippen MR) is 84.8 cm³/mol. The molecule has 0 aliphatic rings. The molecular formula is C15H19N3OS. The van der Waals surface area contributed by atoms with Crippen LogP contribution in [0.1, 0.15) is 29.9 Å². The number of hydrogen-bond donors (Lipinski definition) is 1. The Labute approximate surface area is 123 Å². The fourth-order valence-corrected chi connectivity index (χ4v) is 2.68. The van der Waals surface area contributed by atoms with Crippen molar-refractivity contribution in [3.05, 3.63) is 40.9 Å². The third-order valence-corrected chi connectivity index (χ3v) is 3.97. The Bertz CT molecular complexity index is 573. The zero-order valence-electron chi connectivity index (χ0n) is 12.0. The lowest BCUT2D eigenvalue weighted by Gasteiger charge is -2.20. The number of thiazole rings is 1. The van der Waals surface area contributed by atoms with Crippen molar-refractivity contribution in [2.75, 3.05) is 23.3 Å². The van der Waals surface area contributed by atoms with Crippen molar-refractivity contribution in [1.29, 1.82) is 0 Å². The summed E-state index contributed by atoms with van der Waals surface area (Å²) in [7, 11) is 0. The maximum atomic E-state index is 12.1. The standard InChI is InChI=1S/C15H19N3OS/c1-4-18(5-2)13-8-6-12(7-9-13)14(19)17-15-16-11(3)10-20-15/h6-10H,4-5H2,1-3H3,(H,16,17,19). The Morgan fingerprint density at radius 2 is 1.90 bits per heavy atom. The molecule has 1 aromatic heterocycles. The van der Waals surface area contributed by atoms with Crippen molar-refractivity contribution < 1.29 is 4.79 Å². The number of hydrogen-bond acceptors (Lipinski definition) is 4. The van der Waals surface area contributed by atoms with Crippen molar-refractivity contribution in [2.24, 2.45) is 0 Å². The van der Waals surface area contributed by atoms with Crippen LogP contribution >= 0.6 is 11.3 Å². The molecule has 0 bridgehead atoms. The van der Waals surface area contributed by atoms with Crippen LogP contribution < -0.4 is 10.2 Å². The van der Waals surface area contributed by atoms with E-state index in [9.17, 15) is 4.79 Å². The van der Waals surface area contributed by atoms with Gasteiger partial charge in [-0.25, -0.2) is 4.98 Å². The zero-order valence-corrected chi connectivity index (χ0v) is 12.8. The summed E-state index contributed by atoms with van der Waals surface area (Å²) < 4.78 is 0. The fraction of sp³-hybridized carbons (Fsp3) is 0.333. The highest BCUT2D eigenvalue weighted by Gasteiger charge is 2.09. The number of amides is 1. The van der Waals surface area contributed by atoms with Gasteiger partial charge in [0.15, 0.2) is 5.13 Å². The van der Waals surface area contributed by atoms with Gasteiger partial charge in [-0.15, -0.1) is 11.3 Å². The molecule has 0 saturated carbocycles. The summed E-state index contributed by atoms with van der Waals surface area (Å²) in [5.74, 6) is -0.120. The molecular weight excluding hydrogens is 270 g/mol. The summed E-state index contributed by atoms with van der Waals surface area (Å²) in [6.07, 6.45) is 0. The summed E-state index contributed by atoms with van der Waals surface area (Å²) in [6, 6.07) is 7.66. The largest absolute Gasteiger partial charge is 0.372 e. The average Bonchev–Trinajstić information content (AvgIpc) is 2.86. The van der Waals surface area contributed by atoms with Gasteiger partial charge in [0.1, 0.15) is 0 Å².